The van der Waals surface area contributed by atoms with Crippen LogP contribution in [0.2, 0.25) is 0 Å². The van der Waals surface area contributed by atoms with E-state index in [1.165, 1.54) is 0 Å². The lowest BCUT2D eigenvalue weighted by Gasteiger charge is -2.35. The van der Waals surface area contributed by atoms with Crippen LogP contribution in [-0.2, 0) is 4.74 Å². The van der Waals surface area contributed by atoms with Crippen molar-refractivity contribution in [3.05, 3.63) is 18.1 Å². The largest absolute Gasteiger partial charge is 0.377 e. The van der Waals surface area contributed by atoms with Crippen molar-refractivity contribution < 1.29 is 4.74 Å². The van der Waals surface area contributed by atoms with Crippen molar-refractivity contribution in [1.29, 1.82) is 0 Å². The van der Waals surface area contributed by atoms with Gasteiger partial charge in [0, 0.05) is 24.8 Å². The molecular weight excluding hydrogens is 216 g/mol. The summed E-state index contributed by atoms with van der Waals surface area (Å²) in [6.07, 6.45) is 1.63. The van der Waals surface area contributed by atoms with Gasteiger partial charge in [0.05, 0.1) is 19.3 Å². The summed E-state index contributed by atoms with van der Waals surface area (Å²) in [5, 5.41) is 0. The number of hydrogen-bond acceptors (Lipinski definition) is 5. The highest BCUT2D eigenvalue weighted by molar-refractivity contribution is 5.41. The van der Waals surface area contributed by atoms with Crippen LogP contribution in [0.4, 0.5) is 5.82 Å². The van der Waals surface area contributed by atoms with Gasteiger partial charge in [0.15, 0.2) is 0 Å². The standard InChI is InChI=1S/C12H20N4O/c1-9(2)11-5-12(15-8-14-11)16-3-4-17-7-10(16)6-13/h5,8-10H,3-4,6-7,13H2,1-2H3. The number of hydrogen-bond donors (Lipinski definition) is 1. The summed E-state index contributed by atoms with van der Waals surface area (Å²) in [5.41, 5.74) is 6.83. The molecule has 1 aromatic heterocycles. The van der Waals surface area contributed by atoms with Gasteiger partial charge in [0.25, 0.3) is 0 Å². The van der Waals surface area contributed by atoms with Crippen LogP contribution in [0.3, 0.4) is 0 Å². The van der Waals surface area contributed by atoms with Crippen LogP contribution in [0.15, 0.2) is 12.4 Å². The second-order valence-corrected chi connectivity index (χ2v) is 4.61. The van der Waals surface area contributed by atoms with Gasteiger partial charge in [-0.05, 0) is 5.92 Å². The van der Waals surface area contributed by atoms with E-state index in [0.717, 1.165) is 24.7 Å². The Morgan fingerprint density at radius 2 is 2.35 bits per heavy atom. The van der Waals surface area contributed by atoms with Crippen molar-refractivity contribution >= 4 is 5.82 Å². The molecule has 0 aliphatic carbocycles. The number of rotatable bonds is 3. The summed E-state index contributed by atoms with van der Waals surface area (Å²) < 4.78 is 5.44. The zero-order valence-corrected chi connectivity index (χ0v) is 10.5. The molecule has 5 nitrogen and oxygen atoms in total. The normalized spacial score (nSPS) is 20.9. The molecule has 0 amide bonds. The third-order valence-corrected chi connectivity index (χ3v) is 3.06. The van der Waals surface area contributed by atoms with Crippen molar-refractivity contribution in [1.82, 2.24) is 9.97 Å². The second kappa shape index (κ2) is 5.42. The van der Waals surface area contributed by atoms with Crippen LogP contribution in [0.25, 0.3) is 0 Å². The zero-order chi connectivity index (χ0) is 12.3. The lowest BCUT2D eigenvalue weighted by Crippen LogP contribution is -2.49. The number of anilines is 1. The molecule has 1 aliphatic rings. The van der Waals surface area contributed by atoms with E-state index in [4.69, 9.17) is 10.5 Å². The molecule has 1 fully saturated rings. The summed E-state index contributed by atoms with van der Waals surface area (Å²) in [4.78, 5) is 10.9. The Labute approximate surface area is 102 Å². The minimum absolute atomic E-state index is 0.221. The predicted molar refractivity (Wildman–Crippen MR) is 67.1 cm³/mol. The fourth-order valence-corrected chi connectivity index (χ4v) is 1.99. The third kappa shape index (κ3) is 2.73. The first-order valence-electron chi connectivity index (χ1n) is 6.08. The van der Waals surface area contributed by atoms with E-state index in [9.17, 15) is 0 Å². The maximum Gasteiger partial charge on any atom is 0.132 e. The highest BCUT2D eigenvalue weighted by atomic mass is 16.5. The van der Waals surface area contributed by atoms with E-state index in [1.54, 1.807) is 6.33 Å². The molecule has 1 unspecified atom stereocenters. The smallest absolute Gasteiger partial charge is 0.132 e. The summed E-state index contributed by atoms with van der Waals surface area (Å²) in [7, 11) is 0. The number of nitrogens with zero attached hydrogens (tertiary/aromatic N) is 3. The average Bonchev–Trinajstić information content (AvgIpc) is 2.39. The zero-order valence-electron chi connectivity index (χ0n) is 10.5. The van der Waals surface area contributed by atoms with Gasteiger partial charge < -0.3 is 15.4 Å². The second-order valence-electron chi connectivity index (χ2n) is 4.61. The van der Waals surface area contributed by atoms with E-state index in [1.807, 2.05) is 0 Å². The Bertz CT molecular complexity index is 369. The van der Waals surface area contributed by atoms with E-state index >= 15 is 0 Å². The van der Waals surface area contributed by atoms with E-state index < -0.39 is 0 Å². The fourth-order valence-electron chi connectivity index (χ4n) is 1.99. The topological polar surface area (TPSA) is 64.3 Å². The molecular formula is C12H20N4O. The van der Waals surface area contributed by atoms with Crippen LogP contribution in [0.1, 0.15) is 25.5 Å². The van der Waals surface area contributed by atoms with Gasteiger partial charge in [0.1, 0.15) is 12.1 Å². The van der Waals surface area contributed by atoms with E-state index in [0.29, 0.717) is 19.1 Å². The first-order chi connectivity index (χ1) is 8.22. The molecule has 1 aliphatic heterocycles. The van der Waals surface area contributed by atoms with Crippen molar-refractivity contribution in [2.45, 2.75) is 25.8 Å². The van der Waals surface area contributed by atoms with Crippen molar-refractivity contribution in [3.8, 4) is 0 Å². The van der Waals surface area contributed by atoms with Gasteiger partial charge in [-0.1, -0.05) is 13.8 Å². The molecule has 2 rings (SSSR count). The lowest BCUT2D eigenvalue weighted by atomic mass is 10.1. The summed E-state index contributed by atoms with van der Waals surface area (Å²) in [6.45, 7) is 7.10. The molecule has 17 heavy (non-hydrogen) atoms. The van der Waals surface area contributed by atoms with Crippen molar-refractivity contribution in [3.63, 3.8) is 0 Å². The molecule has 0 saturated carbocycles. The molecule has 0 bridgehead atoms. The summed E-state index contributed by atoms with van der Waals surface area (Å²) >= 11 is 0. The van der Waals surface area contributed by atoms with E-state index in [-0.39, 0.29) is 6.04 Å². The molecule has 2 heterocycles. The summed E-state index contributed by atoms with van der Waals surface area (Å²) in [6, 6.07) is 2.28. The van der Waals surface area contributed by atoms with Gasteiger partial charge in [-0.3, -0.25) is 0 Å². The van der Waals surface area contributed by atoms with Gasteiger partial charge in [-0.15, -0.1) is 0 Å². The molecule has 1 aromatic rings. The van der Waals surface area contributed by atoms with Crippen LogP contribution in [0.5, 0.6) is 0 Å². The Balaban J connectivity index is 2.22. The Morgan fingerprint density at radius 3 is 3.06 bits per heavy atom. The molecule has 0 radical (unpaired) electrons. The van der Waals surface area contributed by atoms with Crippen LogP contribution < -0.4 is 10.6 Å². The van der Waals surface area contributed by atoms with Crippen LogP contribution in [0, 0.1) is 0 Å². The van der Waals surface area contributed by atoms with Gasteiger partial charge >= 0.3 is 0 Å². The molecule has 2 N–H and O–H groups in total. The maximum absolute atomic E-state index is 5.76. The minimum Gasteiger partial charge on any atom is -0.377 e. The number of morpholine rings is 1. The fraction of sp³-hybridized carbons (Fsp3) is 0.667. The predicted octanol–water partition coefficient (Wildman–Crippen LogP) is 0.764. The third-order valence-electron chi connectivity index (χ3n) is 3.06. The van der Waals surface area contributed by atoms with Crippen molar-refractivity contribution in [2.24, 2.45) is 5.73 Å². The molecule has 94 valence electrons. The van der Waals surface area contributed by atoms with E-state index in [2.05, 4.69) is 34.8 Å². The first kappa shape index (κ1) is 12.3. The monoisotopic (exact) mass is 236 g/mol. The van der Waals surface area contributed by atoms with Crippen LogP contribution >= 0.6 is 0 Å². The molecule has 1 saturated heterocycles. The molecule has 0 spiro atoms. The highest BCUT2D eigenvalue weighted by Crippen LogP contribution is 2.20. The maximum atomic E-state index is 5.76. The number of aromatic nitrogens is 2. The molecule has 0 aromatic carbocycles. The summed E-state index contributed by atoms with van der Waals surface area (Å²) in [5.74, 6) is 1.37. The van der Waals surface area contributed by atoms with Gasteiger partial charge in [-0.2, -0.15) is 0 Å². The molecule has 5 heteroatoms. The highest BCUT2D eigenvalue weighted by Gasteiger charge is 2.23. The Hall–Kier alpha value is -1.20. The first-order valence-corrected chi connectivity index (χ1v) is 6.08. The van der Waals surface area contributed by atoms with Gasteiger partial charge in [0.2, 0.25) is 0 Å². The average molecular weight is 236 g/mol. The van der Waals surface area contributed by atoms with Crippen molar-refractivity contribution in [2.75, 3.05) is 31.2 Å². The lowest BCUT2D eigenvalue weighted by molar-refractivity contribution is 0.0958. The number of nitrogens with two attached hydrogens (primary N) is 1. The molecule has 1 atom stereocenters. The SMILES string of the molecule is CC(C)c1cc(N2CCOCC2CN)ncn1. The van der Waals surface area contributed by atoms with Crippen LogP contribution in [-0.4, -0.2) is 42.3 Å². The Morgan fingerprint density at radius 1 is 1.53 bits per heavy atom. The van der Waals surface area contributed by atoms with Gasteiger partial charge in [-0.25, -0.2) is 9.97 Å². The number of ether oxygens (including phenoxy) is 1. The quantitative estimate of drug-likeness (QED) is 0.839. The Kier molecular flexibility index (Phi) is 3.91. The minimum atomic E-state index is 0.221.